The van der Waals surface area contributed by atoms with Crippen LogP contribution in [0.1, 0.15) is 48.2 Å². The zero-order valence-corrected chi connectivity index (χ0v) is 22.8. The maximum absolute atomic E-state index is 13.7. The Balaban J connectivity index is 1.46. The van der Waals surface area contributed by atoms with Gasteiger partial charge in [0.15, 0.2) is 5.76 Å². The van der Waals surface area contributed by atoms with Crippen LogP contribution in [0.2, 0.25) is 0 Å². The van der Waals surface area contributed by atoms with Crippen molar-refractivity contribution in [1.82, 2.24) is 20.0 Å². The number of imide groups is 1. The van der Waals surface area contributed by atoms with Crippen molar-refractivity contribution >= 4 is 33.7 Å². The lowest BCUT2D eigenvalue weighted by atomic mass is 9.99. The Morgan fingerprint density at radius 2 is 1.68 bits per heavy atom. The van der Waals surface area contributed by atoms with Gasteiger partial charge in [0.2, 0.25) is 0 Å². The van der Waals surface area contributed by atoms with Crippen LogP contribution in [0, 0.1) is 6.92 Å². The molecular formula is C28H22BrF3N4O4. The van der Waals surface area contributed by atoms with Gasteiger partial charge in [-0.1, -0.05) is 30.3 Å². The van der Waals surface area contributed by atoms with Crippen LogP contribution in [0.25, 0.3) is 11.3 Å². The average Bonchev–Trinajstić information content (AvgIpc) is 3.53. The smallest absolute Gasteiger partial charge is 0.416 e. The summed E-state index contributed by atoms with van der Waals surface area (Å²) in [7, 11) is 1.72. The number of nitrogens with zero attached hydrogens (tertiary/aromatic N) is 3. The van der Waals surface area contributed by atoms with E-state index in [2.05, 4.69) is 26.3 Å². The fourth-order valence-corrected chi connectivity index (χ4v) is 5.39. The van der Waals surface area contributed by atoms with Crippen molar-refractivity contribution in [2.24, 2.45) is 7.05 Å². The molecular weight excluding hydrogens is 593 g/mol. The molecule has 1 N–H and O–H groups in total. The molecule has 0 unspecified atom stereocenters. The number of nitrogens with one attached hydrogen (secondary N) is 1. The third-order valence-electron chi connectivity index (χ3n) is 6.70. The molecule has 40 heavy (non-hydrogen) atoms. The molecule has 2 aromatic carbocycles. The lowest BCUT2D eigenvalue weighted by molar-refractivity contribution is -0.138. The van der Waals surface area contributed by atoms with Gasteiger partial charge < -0.3 is 9.73 Å². The number of benzene rings is 2. The van der Waals surface area contributed by atoms with Crippen LogP contribution >= 0.6 is 15.9 Å². The zero-order chi connectivity index (χ0) is 28.8. The van der Waals surface area contributed by atoms with E-state index in [1.165, 1.54) is 36.4 Å². The molecule has 3 amide bonds. The summed E-state index contributed by atoms with van der Waals surface area (Å²) in [6.07, 6.45) is -3.34. The Kier molecular flexibility index (Phi) is 7.13. The number of halogens is 4. The van der Waals surface area contributed by atoms with E-state index >= 15 is 0 Å². The fraction of sp³-hybridized carbons (Fsp3) is 0.214. The minimum Gasteiger partial charge on any atom is -0.455 e. The summed E-state index contributed by atoms with van der Waals surface area (Å²) in [6.45, 7) is 1.32. The van der Waals surface area contributed by atoms with Crippen LogP contribution < -0.4 is 5.32 Å². The van der Waals surface area contributed by atoms with Crippen LogP contribution in [-0.2, 0) is 19.6 Å². The monoisotopic (exact) mass is 614 g/mol. The molecule has 12 heteroatoms. The maximum Gasteiger partial charge on any atom is 0.416 e. The van der Waals surface area contributed by atoms with Crippen LogP contribution in [0.5, 0.6) is 0 Å². The Morgan fingerprint density at radius 1 is 1.05 bits per heavy atom. The highest BCUT2D eigenvalue weighted by molar-refractivity contribution is 9.10. The van der Waals surface area contributed by atoms with Crippen molar-refractivity contribution in [2.75, 3.05) is 6.54 Å². The molecule has 0 aliphatic carbocycles. The summed E-state index contributed by atoms with van der Waals surface area (Å²) in [6, 6.07) is 11.7. The Hall–Kier alpha value is -4.19. The highest BCUT2D eigenvalue weighted by Crippen LogP contribution is 2.34. The van der Waals surface area contributed by atoms with Crippen LogP contribution in [0.15, 0.2) is 69.7 Å². The second kappa shape index (κ2) is 10.4. The van der Waals surface area contributed by atoms with Gasteiger partial charge in [0.05, 0.1) is 39.1 Å². The quantitative estimate of drug-likeness (QED) is 0.281. The first-order valence-electron chi connectivity index (χ1n) is 12.1. The highest BCUT2D eigenvalue weighted by atomic mass is 79.9. The molecule has 3 heterocycles. The van der Waals surface area contributed by atoms with Gasteiger partial charge >= 0.3 is 6.18 Å². The van der Waals surface area contributed by atoms with Gasteiger partial charge in [-0.3, -0.25) is 24.0 Å². The van der Waals surface area contributed by atoms with Crippen molar-refractivity contribution in [3.05, 3.63) is 99.0 Å². The lowest BCUT2D eigenvalue weighted by Crippen LogP contribution is -2.47. The number of fused-ring (bicyclic) bond motifs is 1. The Morgan fingerprint density at radius 3 is 2.27 bits per heavy atom. The topological polar surface area (TPSA) is 97.4 Å². The van der Waals surface area contributed by atoms with Gasteiger partial charge in [-0.2, -0.15) is 18.3 Å². The van der Waals surface area contributed by atoms with Crippen LogP contribution in [0.3, 0.4) is 0 Å². The second-order valence-electron chi connectivity index (χ2n) is 9.34. The van der Waals surface area contributed by atoms with Crippen molar-refractivity contribution in [3.63, 3.8) is 0 Å². The minimum absolute atomic E-state index is 0.0860. The molecule has 2 aromatic heterocycles. The molecule has 1 atom stereocenters. The molecule has 1 aliphatic rings. The molecule has 0 spiro atoms. The first-order chi connectivity index (χ1) is 19.0. The van der Waals surface area contributed by atoms with Crippen molar-refractivity contribution in [2.45, 2.75) is 25.6 Å². The summed E-state index contributed by atoms with van der Waals surface area (Å²) >= 11 is 3.42. The van der Waals surface area contributed by atoms with Crippen LogP contribution in [-0.4, -0.2) is 45.0 Å². The number of rotatable bonds is 7. The lowest BCUT2D eigenvalue weighted by Gasteiger charge is -2.25. The van der Waals surface area contributed by atoms with Crippen molar-refractivity contribution < 1.29 is 32.0 Å². The molecule has 206 valence electrons. The van der Waals surface area contributed by atoms with Gasteiger partial charge in [-0.15, -0.1) is 0 Å². The number of furan rings is 1. The van der Waals surface area contributed by atoms with Gasteiger partial charge in [0.1, 0.15) is 5.76 Å². The Labute approximate surface area is 234 Å². The Bertz CT molecular complexity index is 1590. The normalized spacial score (nSPS) is 14.0. The van der Waals surface area contributed by atoms with Gasteiger partial charge in [0, 0.05) is 19.2 Å². The van der Waals surface area contributed by atoms with Gasteiger partial charge in [0.25, 0.3) is 17.7 Å². The predicted octanol–water partition coefficient (Wildman–Crippen LogP) is 5.41. The van der Waals surface area contributed by atoms with E-state index in [1.54, 1.807) is 37.0 Å². The average molecular weight is 615 g/mol. The molecule has 0 fully saturated rings. The SMILES string of the molecule is Cc1oc(C(=O)N[C@@H](Cc2ccccc2C(F)(F)F)CN2C(=O)c3ccccc3C2=O)cc1-c1c(Br)cnn1C. The van der Waals surface area contributed by atoms with E-state index in [1.807, 2.05) is 0 Å². The summed E-state index contributed by atoms with van der Waals surface area (Å²) in [5.41, 5.74) is 0.696. The van der Waals surface area contributed by atoms with E-state index < -0.39 is 35.5 Å². The maximum atomic E-state index is 13.7. The number of carbonyl (C=O) groups excluding carboxylic acids is 3. The highest BCUT2D eigenvalue weighted by Gasteiger charge is 2.38. The van der Waals surface area contributed by atoms with Crippen molar-refractivity contribution in [3.8, 4) is 11.3 Å². The standard InChI is InChI=1S/C28H22BrF3N4O4/c1-15-20(24-22(29)13-33-35(24)2)12-23(40-15)25(37)34-17(11-16-7-3-6-10-21(16)28(30,31)32)14-36-26(38)18-8-4-5-9-19(18)27(36)39/h3-10,12-13,17H,11,14H2,1-2H3,(H,34,37)/t17-/m0/s1. The minimum atomic E-state index is -4.63. The summed E-state index contributed by atoms with van der Waals surface area (Å²) in [5.74, 6) is -1.54. The summed E-state index contributed by atoms with van der Waals surface area (Å²) < 4.78 is 49.2. The summed E-state index contributed by atoms with van der Waals surface area (Å²) in [5, 5.41) is 6.86. The fourth-order valence-electron chi connectivity index (χ4n) is 4.83. The molecule has 4 aromatic rings. The molecule has 8 nitrogen and oxygen atoms in total. The van der Waals surface area contributed by atoms with E-state index in [9.17, 15) is 27.6 Å². The van der Waals surface area contributed by atoms with E-state index in [-0.39, 0.29) is 35.4 Å². The van der Waals surface area contributed by atoms with Gasteiger partial charge in [-0.05, 0) is 59.1 Å². The molecule has 5 rings (SSSR count). The molecule has 1 aliphatic heterocycles. The number of alkyl halides is 3. The molecule has 0 bridgehead atoms. The number of carbonyl (C=O) groups is 3. The predicted molar refractivity (Wildman–Crippen MR) is 142 cm³/mol. The second-order valence-corrected chi connectivity index (χ2v) is 10.2. The zero-order valence-electron chi connectivity index (χ0n) is 21.3. The number of amides is 3. The number of hydrogen-bond acceptors (Lipinski definition) is 5. The first kappa shape index (κ1) is 27.4. The van der Waals surface area contributed by atoms with E-state index in [4.69, 9.17) is 4.42 Å². The van der Waals surface area contributed by atoms with Crippen LogP contribution in [0.4, 0.5) is 13.2 Å². The summed E-state index contributed by atoms with van der Waals surface area (Å²) in [4.78, 5) is 40.3. The third kappa shape index (κ3) is 5.06. The largest absolute Gasteiger partial charge is 0.455 e. The molecule has 0 radical (unpaired) electrons. The first-order valence-corrected chi connectivity index (χ1v) is 12.9. The van der Waals surface area contributed by atoms with E-state index in [0.29, 0.717) is 21.5 Å². The molecule has 0 saturated carbocycles. The van der Waals surface area contributed by atoms with Crippen molar-refractivity contribution in [1.29, 1.82) is 0 Å². The number of aryl methyl sites for hydroxylation is 2. The van der Waals surface area contributed by atoms with E-state index in [0.717, 1.165) is 11.0 Å². The molecule has 0 saturated heterocycles. The number of aromatic nitrogens is 2. The number of hydrogen-bond donors (Lipinski definition) is 1. The third-order valence-corrected chi connectivity index (χ3v) is 7.28. The van der Waals surface area contributed by atoms with Gasteiger partial charge in [-0.25, -0.2) is 0 Å².